The Labute approximate surface area is 123 Å². The zero-order valence-electron chi connectivity index (χ0n) is 11.4. The smallest absolute Gasteiger partial charge is 0.0991 e. The Morgan fingerprint density at radius 3 is 2.48 bits per heavy atom. The van der Waals surface area contributed by atoms with Crippen molar-refractivity contribution in [1.29, 1.82) is 5.26 Å². The molecule has 0 spiro atoms. The molecular formula is C19H12N2. The lowest BCUT2D eigenvalue weighted by molar-refractivity contribution is 1.39. The van der Waals surface area contributed by atoms with E-state index in [4.69, 9.17) is 10.3 Å². The third-order valence-electron chi connectivity index (χ3n) is 3.91. The Hall–Kier alpha value is -2.92. The molecule has 2 aliphatic rings. The van der Waals surface area contributed by atoms with E-state index in [9.17, 15) is 0 Å². The molecule has 0 saturated carbocycles. The van der Waals surface area contributed by atoms with E-state index in [1.54, 1.807) is 0 Å². The quantitative estimate of drug-likeness (QED) is 0.749. The number of rotatable bonds is 1. The second kappa shape index (κ2) is 4.57. The number of benzene rings is 2. The zero-order valence-corrected chi connectivity index (χ0v) is 11.4. The first-order valence-corrected chi connectivity index (χ1v) is 6.96. The summed E-state index contributed by atoms with van der Waals surface area (Å²) >= 11 is 0. The van der Waals surface area contributed by atoms with Gasteiger partial charge in [-0.3, -0.25) is 0 Å². The van der Waals surface area contributed by atoms with Crippen LogP contribution in [0, 0.1) is 11.3 Å². The summed E-state index contributed by atoms with van der Waals surface area (Å²) in [5.41, 5.74) is 7.49. The summed E-state index contributed by atoms with van der Waals surface area (Å²) in [7, 11) is 0. The molecule has 21 heavy (non-hydrogen) atoms. The van der Waals surface area contributed by atoms with Gasteiger partial charge in [-0.2, -0.15) is 5.26 Å². The second-order valence-corrected chi connectivity index (χ2v) is 5.14. The monoisotopic (exact) mass is 268 g/mol. The Kier molecular flexibility index (Phi) is 2.58. The predicted octanol–water partition coefficient (Wildman–Crippen LogP) is 4.52. The first-order valence-electron chi connectivity index (χ1n) is 6.96. The van der Waals surface area contributed by atoms with E-state index < -0.39 is 0 Å². The number of nitriles is 1. The molecule has 0 atom stereocenters. The highest BCUT2D eigenvalue weighted by molar-refractivity contribution is 6.48. The number of allylic oxidation sites excluding steroid dienone is 4. The lowest BCUT2D eigenvalue weighted by Crippen LogP contribution is -2.05. The van der Waals surface area contributed by atoms with Crippen LogP contribution in [0.3, 0.4) is 0 Å². The molecule has 0 radical (unpaired) electrons. The SMILES string of the molecule is N#Cc1ccc(C2=CCC=C3C2=Nc2ccccc23)cc1. The number of nitrogens with zero attached hydrogens (tertiary/aromatic N) is 2. The van der Waals surface area contributed by atoms with E-state index in [1.807, 2.05) is 30.3 Å². The fourth-order valence-electron chi connectivity index (χ4n) is 2.89. The van der Waals surface area contributed by atoms with Crippen molar-refractivity contribution < 1.29 is 0 Å². The van der Waals surface area contributed by atoms with Crippen LogP contribution in [0.2, 0.25) is 0 Å². The van der Waals surface area contributed by atoms with Gasteiger partial charge in [-0.05, 0) is 30.2 Å². The first-order chi connectivity index (χ1) is 10.4. The fraction of sp³-hybridized carbons (Fsp3) is 0.0526. The molecule has 2 aromatic rings. The molecule has 1 aliphatic heterocycles. The van der Waals surface area contributed by atoms with Crippen LogP contribution in [0.25, 0.3) is 11.1 Å². The van der Waals surface area contributed by atoms with Gasteiger partial charge in [0.05, 0.1) is 23.0 Å². The van der Waals surface area contributed by atoms with Crippen molar-refractivity contribution in [3.63, 3.8) is 0 Å². The number of aliphatic imine (C=N–C) groups is 1. The summed E-state index contributed by atoms with van der Waals surface area (Å²) in [5, 5.41) is 8.91. The highest BCUT2D eigenvalue weighted by Crippen LogP contribution is 2.41. The van der Waals surface area contributed by atoms with E-state index >= 15 is 0 Å². The van der Waals surface area contributed by atoms with E-state index in [0.717, 1.165) is 29.0 Å². The summed E-state index contributed by atoms with van der Waals surface area (Å²) in [4.78, 5) is 4.79. The Bertz CT molecular complexity index is 859. The van der Waals surface area contributed by atoms with Crippen molar-refractivity contribution in [1.82, 2.24) is 0 Å². The largest absolute Gasteiger partial charge is 0.247 e. The molecule has 1 aliphatic carbocycles. The average molecular weight is 268 g/mol. The molecule has 98 valence electrons. The van der Waals surface area contributed by atoms with Gasteiger partial charge in [0.1, 0.15) is 0 Å². The minimum Gasteiger partial charge on any atom is -0.247 e. The maximum absolute atomic E-state index is 8.91. The molecule has 4 rings (SSSR count). The summed E-state index contributed by atoms with van der Waals surface area (Å²) in [6.45, 7) is 0. The summed E-state index contributed by atoms with van der Waals surface area (Å²) in [5.74, 6) is 0. The van der Waals surface area contributed by atoms with E-state index in [-0.39, 0.29) is 0 Å². The van der Waals surface area contributed by atoms with Crippen LogP contribution in [-0.4, -0.2) is 5.71 Å². The van der Waals surface area contributed by atoms with Gasteiger partial charge < -0.3 is 0 Å². The predicted molar refractivity (Wildman–Crippen MR) is 85.3 cm³/mol. The van der Waals surface area contributed by atoms with Crippen molar-refractivity contribution >= 4 is 22.5 Å². The third-order valence-corrected chi connectivity index (χ3v) is 3.91. The summed E-state index contributed by atoms with van der Waals surface area (Å²) in [6.07, 6.45) is 5.35. The molecule has 1 heterocycles. The molecule has 2 heteroatoms. The lowest BCUT2D eigenvalue weighted by atomic mass is 9.88. The number of para-hydroxylation sites is 1. The van der Waals surface area contributed by atoms with Crippen molar-refractivity contribution in [2.45, 2.75) is 6.42 Å². The molecule has 0 bridgehead atoms. The molecular weight excluding hydrogens is 256 g/mol. The Morgan fingerprint density at radius 2 is 1.67 bits per heavy atom. The average Bonchev–Trinajstić information content (AvgIpc) is 2.94. The van der Waals surface area contributed by atoms with Gasteiger partial charge in [-0.15, -0.1) is 0 Å². The van der Waals surface area contributed by atoms with E-state index in [1.165, 1.54) is 11.1 Å². The second-order valence-electron chi connectivity index (χ2n) is 5.14. The van der Waals surface area contributed by atoms with Crippen LogP contribution in [-0.2, 0) is 0 Å². The maximum Gasteiger partial charge on any atom is 0.0991 e. The highest BCUT2D eigenvalue weighted by atomic mass is 14.8. The molecule has 0 unspecified atom stereocenters. The molecule has 0 saturated heterocycles. The van der Waals surface area contributed by atoms with Gasteiger partial charge in [0.25, 0.3) is 0 Å². The van der Waals surface area contributed by atoms with Crippen LogP contribution in [0.1, 0.15) is 23.1 Å². The molecule has 0 N–H and O–H groups in total. The van der Waals surface area contributed by atoms with Crippen molar-refractivity contribution in [2.24, 2.45) is 4.99 Å². The van der Waals surface area contributed by atoms with Crippen LogP contribution < -0.4 is 0 Å². The minimum absolute atomic E-state index is 0.683. The highest BCUT2D eigenvalue weighted by Gasteiger charge is 2.25. The minimum atomic E-state index is 0.683. The van der Waals surface area contributed by atoms with Gasteiger partial charge >= 0.3 is 0 Å². The third kappa shape index (κ3) is 1.83. The number of hydrogen-bond donors (Lipinski definition) is 0. The van der Waals surface area contributed by atoms with Crippen LogP contribution in [0.5, 0.6) is 0 Å². The van der Waals surface area contributed by atoms with Gasteiger partial charge in [0.15, 0.2) is 0 Å². The molecule has 0 amide bonds. The van der Waals surface area contributed by atoms with Crippen LogP contribution in [0.15, 0.2) is 65.7 Å². The molecule has 0 fully saturated rings. The summed E-state index contributed by atoms with van der Waals surface area (Å²) < 4.78 is 0. The van der Waals surface area contributed by atoms with E-state index in [2.05, 4.69) is 36.4 Å². The molecule has 2 aromatic carbocycles. The van der Waals surface area contributed by atoms with Crippen molar-refractivity contribution in [2.75, 3.05) is 0 Å². The van der Waals surface area contributed by atoms with Gasteiger partial charge in [0.2, 0.25) is 0 Å². The van der Waals surface area contributed by atoms with Crippen molar-refractivity contribution in [3.05, 3.63) is 77.4 Å². The van der Waals surface area contributed by atoms with Crippen LogP contribution >= 0.6 is 0 Å². The normalized spacial score (nSPS) is 15.3. The first kappa shape index (κ1) is 11.9. The summed E-state index contributed by atoms with van der Waals surface area (Å²) in [6, 6.07) is 18.1. The molecule has 0 aromatic heterocycles. The standard InChI is InChI=1S/C19H12N2/c20-12-13-8-10-14(11-9-13)15-5-3-6-17-16-4-1-2-7-18(16)21-19(15)17/h1-2,4-11H,3H2. The van der Waals surface area contributed by atoms with Gasteiger partial charge in [0, 0.05) is 16.7 Å². The molecule has 2 nitrogen and oxygen atoms in total. The van der Waals surface area contributed by atoms with Gasteiger partial charge in [-0.1, -0.05) is 42.5 Å². The maximum atomic E-state index is 8.91. The zero-order chi connectivity index (χ0) is 14.2. The Morgan fingerprint density at radius 1 is 0.905 bits per heavy atom. The lowest BCUT2D eigenvalue weighted by Gasteiger charge is -2.14. The number of hydrogen-bond acceptors (Lipinski definition) is 2. The number of fused-ring (bicyclic) bond motifs is 3. The van der Waals surface area contributed by atoms with E-state index in [0.29, 0.717) is 5.56 Å². The van der Waals surface area contributed by atoms with Crippen molar-refractivity contribution in [3.8, 4) is 6.07 Å². The Balaban J connectivity index is 1.80. The van der Waals surface area contributed by atoms with Gasteiger partial charge in [-0.25, -0.2) is 4.99 Å². The fourth-order valence-corrected chi connectivity index (χ4v) is 2.89. The van der Waals surface area contributed by atoms with Crippen LogP contribution in [0.4, 0.5) is 5.69 Å². The topological polar surface area (TPSA) is 36.1 Å².